The quantitative estimate of drug-likeness (QED) is 0.711. The number of aliphatic hydroxyl groups excluding tert-OH is 1. The molecule has 1 unspecified atom stereocenters. The van der Waals surface area contributed by atoms with Crippen molar-refractivity contribution in [1.82, 2.24) is 5.32 Å². The van der Waals surface area contributed by atoms with Gasteiger partial charge in [0.25, 0.3) is 0 Å². The first-order valence-electron chi connectivity index (χ1n) is 7.87. The van der Waals surface area contributed by atoms with Gasteiger partial charge in [-0.25, -0.2) is 0 Å². The summed E-state index contributed by atoms with van der Waals surface area (Å²) in [6.45, 7) is 7.12. The Morgan fingerprint density at radius 2 is 2.00 bits per heavy atom. The van der Waals surface area contributed by atoms with E-state index in [4.69, 9.17) is 5.11 Å². The van der Waals surface area contributed by atoms with Crippen molar-refractivity contribution in [3.8, 4) is 0 Å². The van der Waals surface area contributed by atoms with Crippen LogP contribution in [0.25, 0.3) is 0 Å². The summed E-state index contributed by atoms with van der Waals surface area (Å²) in [6, 6.07) is 0. The Morgan fingerprint density at radius 1 is 1.37 bits per heavy atom. The second kappa shape index (κ2) is 7.88. The Bertz CT molecular complexity index is 270. The summed E-state index contributed by atoms with van der Waals surface area (Å²) in [6.07, 6.45) is 8.01. The minimum atomic E-state index is -0.0178. The lowest BCUT2D eigenvalue weighted by molar-refractivity contribution is -0.126. The van der Waals surface area contributed by atoms with E-state index in [0.29, 0.717) is 6.54 Å². The normalized spacial score (nSPS) is 18.5. The van der Waals surface area contributed by atoms with E-state index in [-0.39, 0.29) is 23.8 Å². The molecule has 1 rings (SSSR count). The van der Waals surface area contributed by atoms with Crippen molar-refractivity contribution in [3.05, 3.63) is 0 Å². The van der Waals surface area contributed by atoms with Crippen molar-refractivity contribution in [1.29, 1.82) is 0 Å². The maximum atomic E-state index is 12.2. The van der Waals surface area contributed by atoms with E-state index < -0.39 is 0 Å². The van der Waals surface area contributed by atoms with Crippen molar-refractivity contribution in [2.75, 3.05) is 13.2 Å². The smallest absolute Gasteiger partial charge is 0.223 e. The molecule has 0 bridgehead atoms. The van der Waals surface area contributed by atoms with Crippen LogP contribution in [0.15, 0.2) is 0 Å². The van der Waals surface area contributed by atoms with Crippen LogP contribution in [0.1, 0.15) is 65.7 Å². The van der Waals surface area contributed by atoms with Crippen LogP contribution < -0.4 is 5.32 Å². The molecule has 19 heavy (non-hydrogen) atoms. The van der Waals surface area contributed by atoms with Crippen LogP contribution in [0.3, 0.4) is 0 Å². The first-order valence-corrected chi connectivity index (χ1v) is 7.87. The predicted octanol–water partition coefficient (Wildman–Crippen LogP) is 3.12. The van der Waals surface area contributed by atoms with Crippen LogP contribution in [0.5, 0.6) is 0 Å². The molecule has 1 aliphatic carbocycles. The molecule has 1 saturated carbocycles. The van der Waals surface area contributed by atoms with Gasteiger partial charge in [0, 0.05) is 19.1 Å². The van der Waals surface area contributed by atoms with E-state index in [1.807, 2.05) is 0 Å². The van der Waals surface area contributed by atoms with Crippen LogP contribution in [-0.2, 0) is 4.79 Å². The third-order valence-corrected chi connectivity index (χ3v) is 4.49. The van der Waals surface area contributed by atoms with E-state index in [0.717, 1.165) is 25.2 Å². The fourth-order valence-corrected chi connectivity index (χ4v) is 2.97. The fourth-order valence-electron chi connectivity index (χ4n) is 2.97. The zero-order valence-electron chi connectivity index (χ0n) is 12.9. The number of hydrogen-bond donors (Lipinski definition) is 2. The first-order chi connectivity index (χ1) is 8.98. The van der Waals surface area contributed by atoms with Crippen molar-refractivity contribution in [2.24, 2.45) is 17.3 Å². The molecule has 2 N–H and O–H groups in total. The maximum absolute atomic E-state index is 12.2. The second-order valence-corrected chi connectivity index (χ2v) is 6.85. The number of hydrogen-bond acceptors (Lipinski definition) is 2. The highest BCUT2D eigenvalue weighted by molar-refractivity contribution is 5.78. The Morgan fingerprint density at radius 3 is 2.53 bits per heavy atom. The standard InChI is InChI=1S/C16H31NO2/c1-4-14(11-13-7-5-6-8-13)15(19)17-12-16(2,3)9-10-18/h13-14,18H,4-12H2,1-3H3,(H,17,19). The lowest BCUT2D eigenvalue weighted by Gasteiger charge is -2.26. The Labute approximate surface area is 118 Å². The van der Waals surface area contributed by atoms with Gasteiger partial charge >= 0.3 is 0 Å². The molecule has 0 aromatic heterocycles. The van der Waals surface area contributed by atoms with Crippen molar-refractivity contribution in [2.45, 2.75) is 65.7 Å². The number of aliphatic hydroxyl groups is 1. The molecule has 0 heterocycles. The van der Waals surface area contributed by atoms with Gasteiger partial charge in [-0.05, 0) is 30.6 Å². The number of amides is 1. The van der Waals surface area contributed by atoms with E-state index in [1.54, 1.807) is 0 Å². The highest BCUT2D eigenvalue weighted by atomic mass is 16.3. The van der Waals surface area contributed by atoms with E-state index in [1.165, 1.54) is 25.7 Å². The molecule has 0 aromatic rings. The Kier molecular flexibility index (Phi) is 6.84. The molecule has 1 aliphatic rings. The Hall–Kier alpha value is -0.570. The van der Waals surface area contributed by atoms with Crippen LogP contribution >= 0.6 is 0 Å². The second-order valence-electron chi connectivity index (χ2n) is 6.85. The van der Waals surface area contributed by atoms with Crippen LogP contribution in [0.4, 0.5) is 0 Å². The highest BCUT2D eigenvalue weighted by Crippen LogP contribution is 2.31. The summed E-state index contributed by atoms with van der Waals surface area (Å²) < 4.78 is 0. The monoisotopic (exact) mass is 269 g/mol. The summed E-state index contributed by atoms with van der Waals surface area (Å²) in [7, 11) is 0. The van der Waals surface area contributed by atoms with Crippen LogP contribution in [-0.4, -0.2) is 24.2 Å². The number of nitrogens with one attached hydrogen (secondary N) is 1. The van der Waals surface area contributed by atoms with Crippen LogP contribution in [0.2, 0.25) is 0 Å². The molecule has 3 nitrogen and oxygen atoms in total. The Balaban J connectivity index is 2.36. The molecular weight excluding hydrogens is 238 g/mol. The molecule has 0 aliphatic heterocycles. The largest absolute Gasteiger partial charge is 0.396 e. The third-order valence-electron chi connectivity index (χ3n) is 4.49. The van der Waals surface area contributed by atoms with Crippen LogP contribution in [0, 0.1) is 17.3 Å². The summed E-state index contributed by atoms with van der Waals surface area (Å²) in [4.78, 5) is 12.2. The lowest BCUT2D eigenvalue weighted by Crippen LogP contribution is -2.38. The van der Waals surface area contributed by atoms with E-state index >= 15 is 0 Å². The SMILES string of the molecule is CCC(CC1CCCC1)C(=O)NCC(C)(C)CCO. The molecule has 112 valence electrons. The van der Waals surface area contributed by atoms with Gasteiger partial charge in [0.1, 0.15) is 0 Å². The maximum Gasteiger partial charge on any atom is 0.223 e. The zero-order valence-corrected chi connectivity index (χ0v) is 12.9. The molecule has 1 atom stereocenters. The molecular formula is C16H31NO2. The van der Waals surface area contributed by atoms with Crippen molar-refractivity contribution < 1.29 is 9.90 Å². The minimum Gasteiger partial charge on any atom is -0.396 e. The van der Waals surface area contributed by atoms with Gasteiger partial charge < -0.3 is 10.4 Å². The van der Waals surface area contributed by atoms with Gasteiger partial charge in [-0.3, -0.25) is 4.79 Å². The van der Waals surface area contributed by atoms with Crippen molar-refractivity contribution in [3.63, 3.8) is 0 Å². The van der Waals surface area contributed by atoms with Gasteiger partial charge in [0.05, 0.1) is 0 Å². The van der Waals surface area contributed by atoms with Crippen molar-refractivity contribution >= 4 is 5.91 Å². The molecule has 0 radical (unpaired) electrons. The first kappa shape index (κ1) is 16.5. The molecule has 0 spiro atoms. The topological polar surface area (TPSA) is 49.3 Å². The number of rotatable bonds is 8. The minimum absolute atomic E-state index is 0.0178. The average Bonchev–Trinajstić information content (AvgIpc) is 2.86. The number of carbonyl (C=O) groups is 1. The molecule has 1 fully saturated rings. The van der Waals surface area contributed by atoms with E-state index in [9.17, 15) is 4.79 Å². The molecule has 3 heteroatoms. The third kappa shape index (κ3) is 5.94. The highest BCUT2D eigenvalue weighted by Gasteiger charge is 2.25. The van der Waals surface area contributed by atoms with E-state index in [2.05, 4.69) is 26.1 Å². The summed E-state index contributed by atoms with van der Waals surface area (Å²) in [5, 5.41) is 12.1. The van der Waals surface area contributed by atoms with Gasteiger partial charge in [-0.15, -0.1) is 0 Å². The summed E-state index contributed by atoms with van der Waals surface area (Å²) in [5.74, 6) is 1.15. The number of carbonyl (C=O) groups excluding carboxylic acids is 1. The summed E-state index contributed by atoms with van der Waals surface area (Å²) >= 11 is 0. The van der Waals surface area contributed by atoms with Gasteiger partial charge in [-0.2, -0.15) is 0 Å². The average molecular weight is 269 g/mol. The molecule has 0 aromatic carbocycles. The van der Waals surface area contributed by atoms with Gasteiger partial charge in [0.2, 0.25) is 5.91 Å². The molecule has 1 amide bonds. The fraction of sp³-hybridized carbons (Fsp3) is 0.938. The molecule has 0 saturated heterocycles. The zero-order chi connectivity index (χ0) is 14.3. The lowest BCUT2D eigenvalue weighted by atomic mass is 9.88. The van der Waals surface area contributed by atoms with Gasteiger partial charge in [-0.1, -0.05) is 46.5 Å². The summed E-state index contributed by atoms with van der Waals surface area (Å²) in [5.41, 5.74) is -0.0178. The predicted molar refractivity (Wildman–Crippen MR) is 78.8 cm³/mol. The van der Waals surface area contributed by atoms with Gasteiger partial charge in [0.15, 0.2) is 0 Å².